The largest absolute Gasteiger partial charge is 0.497 e. The molecule has 0 aliphatic carbocycles. The molecule has 0 aliphatic heterocycles. The summed E-state index contributed by atoms with van der Waals surface area (Å²) >= 11 is 0. The Bertz CT molecular complexity index is 542. The molecule has 92 valence electrons. The van der Waals surface area contributed by atoms with Crippen molar-refractivity contribution in [3.63, 3.8) is 0 Å². The Kier molecular flexibility index (Phi) is 3.72. The zero-order valence-electron chi connectivity index (χ0n) is 9.86. The fourth-order valence-corrected chi connectivity index (χ4v) is 1.54. The van der Waals surface area contributed by atoms with Gasteiger partial charge in [-0.25, -0.2) is 8.78 Å². The van der Waals surface area contributed by atoms with E-state index in [0.29, 0.717) is 11.3 Å². The van der Waals surface area contributed by atoms with Crippen molar-refractivity contribution in [3.8, 4) is 5.75 Å². The van der Waals surface area contributed by atoms with E-state index in [1.54, 1.807) is 31.4 Å². The predicted molar refractivity (Wildman–Crippen MR) is 68.4 cm³/mol. The Morgan fingerprint density at radius 2 is 1.61 bits per heavy atom. The van der Waals surface area contributed by atoms with Gasteiger partial charge in [-0.2, -0.15) is 0 Å². The summed E-state index contributed by atoms with van der Waals surface area (Å²) in [6.45, 7) is 0. The van der Waals surface area contributed by atoms with E-state index in [-0.39, 0.29) is 5.82 Å². The molecule has 0 aromatic heterocycles. The van der Waals surface area contributed by atoms with Gasteiger partial charge in [0.2, 0.25) is 0 Å². The van der Waals surface area contributed by atoms with Gasteiger partial charge in [0.1, 0.15) is 17.4 Å². The summed E-state index contributed by atoms with van der Waals surface area (Å²) in [6.07, 6.45) is 1.40. The zero-order valence-corrected chi connectivity index (χ0v) is 9.86. The van der Waals surface area contributed by atoms with Crippen LogP contribution in [0, 0.1) is 5.82 Å². The van der Waals surface area contributed by atoms with Crippen molar-refractivity contribution >= 4 is 11.9 Å². The molecule has 18 heavy (non-hydrogen) atoms. The maximum absolute atomic E-state index is 13.8. The first kappa shape index (κ1) is 12.3. The summed E-state index contributed by atoms with van der Waals surface area (Å²) in [4.78, 5) is 0. The van der Waals surface area contributed by atoms with Gasteiger partial charge in [-0.15, -0.1) is 0 Å². The van der Waals surface area contributed by atoms with E-state index in [1.807, 2.05) is 0 Å². The lowest BCUT2D eigenvalue weighted by molar-refractivity contribution is 0.415. The minimum absolute atomic E-state index is 0.354. The van der Waals surface area contributed by atoms with Gasteiger partial charge < -0.3 is 4.74 Å². The van der Waals surface area contributed by atoms with Gasteiger partial charge in [-0.05, 0) is 48.0 Å². The first-order chi connectivity index (χ1) is 8.69. The van der Waals surface area contributed by atoms with Crippen molar-refractivity contribution in [2.45, 2.75) is 0 Å². The van der Waals surface area contributed by atoms with Crippen molar-refractivity contribution < 1.29 is 13.5 Å². The molecule has 2 aromatic rings. The number of hydrogen-bond acceptors (Lipinski definition) is 1. The van der Waals surface area contributed by atoms with Gasteiger partial charge in [0.05, 0.1) is 7.11 Å². The summed E-state index contributed by atoms with van der Waals surface area (Å²) in [7, 11) is 1.57. The van der Waals surface area contributed by atoms with E-state index < -0.39 is 5.83 Å². The minimum atomic E-state index is -0.403. The highest BCUT2D eigenvalue weighted by molar-refractivity contribution is 5.76. The van der Waals surface area contributed by atoms with Crippen LogP contribution in [-0.4, -0.2) is 7.11 Å². The van der Waals surface area contributed by atoms with E-state index in [9.17, 15) is 8.78 Å². The summed E-state index contributed by atoms with van der Waals surface area (Å²) in [5.41, 5.74) is 1.07. The monoisotopic (exact) mass is 246 g/mol. The molecule has 1 nitrogen and oxygen atoms in total. The van der Waals surface area contributed by atoms with E-state index in [0.717, 1.165) is 5.56 Å². The first-order valence-electron chi connectivity index (χ1n) is 5.46. The highest BCUT2D eigenvalue weighted by Crippen LogP contribution is 2.21. The number of rotatable bonds is 3. The molecule has 0 fully saturated rings. The summed E-state index contributed by atoms with van der Waals surface area (Å²) in [5, 5.41) is 0. The highest BCUT2D eigenvalue weighted by Gasteiger charge is 2.01. The van der Waals surface area contributed by atoms with Crippen molar-refractivity contribution in [2.75, 3.05) is 7.11 Å². The van der Waals surface area contributed by atoms with Crippen LogP contribution >= 0.6 is 0 Å². The molecule has 2 aromatic carbocycles. The van der Waals surface area contributed by atoms with Crippen LogP contribution in [0.3, 0.4) is 0 Å². The lowest BCUT2D eigenvalue weighted by Crippen LogP contribution is -1.83. The van der Waals surface area contributed by atoms with Gasteiger partial charge in [0, 0.05) is 5.56 Å². The predicted octanol–water partition coefficient (Wildman–Crippen LogP) is 4.30. The van der Waals surface area contributed by atoms with E-state index in [2.05, 4.69) is 0 Å². The third-order valence-electron chi connectivity index (χ3n) is 2.53. The second-order valence-electron chi connectivity index (χ2n) is 3.77. The molecule has 0 aliphatic rings. The summed E-state index contributed by atoms with van der Waals surface area (Å²) in [6, 6.07) is 12.3. The Balaban J connectivity index is 2.23. The van der Waals surface area contributed by atoms with E-state index >= 15 is 0 Å². The molecule has 2 rings (SSSR count). The average molecular weight is 246 g/mol. The quantitative estimate of drug-likeness (QED) is 0.733. The van der Waals surface area contributed by atoms with Crippen LogP contribution in [0.25, 0.3) is 11.9 Å². The fourth-order valence-electron chi connectivity index (χ4n) is 1.54. The van der Waals surface area contributed by atoms with Crippen LogP contribution in [0.4, 0.5) is 8.78 Å². The second kappa shape index (κ2) is 5.45. The van der Waals surface area contributed by atoms with Gasteiger partial charge in [0.25, 0.3) is 0 Å². The molecule has 0 bridgehead atoms. The van der Waals surface area contributed by atoms with Crippen molar-refractivity contribution in [3.05, 3.63) is 65.5 Å². The standard InChI is InChI=1S/C15H12F2O/c1-18-14-8-2-11(3-9-14)10-15(17)12-4-6-13(16)7-5-12/h2-10H,1H3/b15-10+. The Labute approximate surface area is 104 Å². The summed E-state index contributed by atoms with van der Waals surface area (Å²) < 4.78 is 31.6. The molecule has 3 heteroatoms. The normalized spacial score (nSPS) is 11.4. The number of ether oxygens (including phenoxy) is 1. The molecule has 0 saturated heterocycles. The second-order valence-corrected chi connectivity index (χ2v) is 3.77. The van der Waals surface area contributed by atoms with Crippen molar-refractivity contribution in [1.29, 1.82) is 0 Å². The van der Waals surface area contributed by atoms with Crippen LogP contribution in [0.2, 0.25) is 0 Å². The average Bonchev–Trinajstić information content (AvgIpc) is 2.40. The smallest absolute Gasteiger partial charge is 0.131 e. The highest BCUT2D eigenvalue weighted by atomic mass is 19.1. The van der Waals surface area contributed by atoms with Crippen LogP contribution in [0.15, 0.2) is 48.5 Å². The van der Waals surface area contributed by atoms with Crippen LogP contribution in [0.1, 0.15) is 11.1 Å². The number of hydrogen-bond donors (Lipinski definition) is 0. The van der Waals surface area contributed by atoms with Gasteiger partial charge in [-0.1, -0.05) is 12.1 Å². The molecule has 0 radical (unpaired) electrons. The number of methoxy groups -OCH3 is 1. The maximum Gasteiger partial charge on any atom is 0.131 e. The van der Waals surface area contributed by atoms with E-state index in [4.69, 9.17) is 4.74 Å². The third-order valence-corrected chi connectivity index (χ3v) is 2.53. The SMILES string of the molecule is COc1ccc(/C=C(/F)c2ccc(F)cc2)cc1. The van der Waals surface area contributed by atoms with Crippen molar-refractivity contribution in [1.82, 2.24) is 0 Å². The fraction of sp³-hybridized carbons (Fsp3) is 0.0667. The zero-order chi connectivity index (χ0) is 13.0. The molecule has 0 heterocycles. The third kappa shape index (κ3) is 2.94. The lowest BCUT2D eigenvalue weighted by Gasteiger charge is -2.01. The molecule has 0 saturated carbocycles. The molecular formula is C15H12F2O. The van der Waals surface area contributed by atoms with Gasteiger partial charge >= 0.3 is 0 Å². The number of halogens is 2. The van der Waals surface area contributed by atoms with Crippen molar-refractivity contribution in [2.24, 2.45) is 0 Å². The van der Waals surface area contributed by atoms with Crippen LogP contribution < -0.4 is 4.74 Å². The molecule has 0 amide bonds. The molecule has 0 N–H and O–H groups in total. The lowest BCUT2D eigenvalue weighted by atomic mass is 10.1. The van der Waals surface area contributed by atoms with Crippen LogP contribution in [-0.2, 0) is 0 Å². The Morgan fingerprint density at radius 1 is 1.00 bits per heavy atom. The maximum atomic E-state index is 13.8. The first-order valence-corrected chi connectivity index (χ1v) is 5.46. The molecule has 0 spiro atoms. The minimum Gasteiger partial charge on any atom is -0.497 e. The van der Waals surface area contributed by atoms with Gasteiger partial charge in [0.15, 0.2) is 0 Å². The van der Waals surface area contributed by atoms with E-state index in [1.165, 1.54) is 30.3 Å². The van der Waals surface area contributed by atoms with Gasteiger partial charge in [-0.3, -0.25) is 0 Å². The Morgan fingerprint density at radius 3 is 2.17 bits per heavy atom. The number of benzene rings is 2. The summed E-state index contributed by atoms with van der Waals surface area (Å²) in [5.74, 6) is -0.0643. The topological polar surface area (TPSA) is 9.23 Å². The van der Waals surface area contributed by atoms with Crippen LogP contribution in [0.5, 0.6) is 5.75 Å². The Hall–Kier alpha value is -2.16. The molecular weight excluding hydrogens is 234 g/mol. The molecule has 0 unspecified atom stereocenters. The molecule has 0 atom stereocenters.